The first kappa shape index (κ1) is 21.8. The minimum atomic E-state index is -0.286. The van der Waals surface area contributed by atoms with Crippen LogP contribution in [-0.2, 0) is 14.3 Å². The molecule has 1 rings (SSSR count). The zero-order valence-corrected chi connectivity index (χ0v) is 17.7. The molecular weight excluding hydrogens is 360 g/mol. The summed E-state index contributed by atoms with van der Waals surface area (Å²) in [7, 11) is 3.36. The molecule has 0 N–H and O–H groups in total. The van der Waals surface area contributed by atoms with Crippen molar-refractivity contribution in [2.24, 2.45) is 5.92 Å². The van der Waals surface area contributed by atoms with Crippen molar-refractivity contribution in [3.05, 3.63) is 5.82 Å². The summed E-state index contributed by atoms with van der Waals surface area (Å²) in [5.41, 5.74) is 0. The van der Waals surface area contributed by atoms with Crippen molar-refractivity contribution in [3.8, 4) is 0 Å². The van der Waals surface area contributed by atoms with Crippen LogP contribution in [0.3, 0.4) is 0 Å². The van der Waals surface area contributed by atoms with Crippen LogP contribution >= 0.6 is 23.5 Å². The predicted molar refractivity (Wildman–Crippen MR) is 102 cm³/mol. The zero-order valence-electron chi connectivity index (χ0n) is 16.0. The number of carbonyl (C=O) groups is 2. The van der Waals surface area contributed by atoms with Gasteiger partial charge in [0.1, 0.15) is 0 Å². The maximum absolute atomic E-state index is 12.4. The van der Waals surface area contributed by atoms with Crippen molar-refractivity contribution in [1.82, 2.24) is 19.7 Å². The largest absolute Gasteiger partial charge is 0.466 e. The molecule has 0 aromatic carbocycles. The first-order valence-corrected chi connectivity index (χ1v) is 10.4. The zero-order chi connectivity index (χ0) is 19.2. The van der Waals surface area contributed by atoms with Crippen molar-refractivity contribution < 1.29 is 14.3 Å². The summed E-state index contributed by atoms with van der Waals surface area (Å²) >= 11 is 3.06. The Balaban J connectivity index is 2.90. The molecule has 0 saturated heterocycles. The van der Waals surface area contributed by atoms with E-state index in [9.17, 15) is 9.59 Å². The summed E-state index contributed by atoms with van der Waals surface area (Å²) in [5, 5.41) is 4.97. The van der Waals surface area contributed by atoms with Gasteiger partial charge >= 0.3 is 12.0 Å². The number of nitrogens with zero attached hydrogens (tertiary/aromatic N) is 4. The van der Waals surface area contributed by atoms with Crippen LogP contribution in [0.4, 0.5) is 4.79 Å². The molecule has 7 nitrogen and oxygen atoms in total. The van der Waals surface area contributed by atoms with Gasteiger partial charge in [-0.3, -0.25) is 4.79 Å². The van der Waals surface area contributed by atoms with Gasteiger partial charge in [-0.25, -0.2) is 9.78 Å². The maximum Gasteiger partial charge on any atom is 0.346 e. The van der Waals surface area contributed by atoms with E-state index in [4.69, 9.17) is 4.74 Å². The van der Waals surface area contributed by atoms with Crippen LogP contribution in [0, 0.1) is 5.92 Å². The van der Waals surface area contributed by atoms with Crippen LogP contribution in [0.15, 0.2) is 5.16 Å². The Morgan fingerprint density at radius 2 is 2.00 bits per heavy atom. The van der Waals surface area contributed by atoms with Crippen molar-refractivity contribution in [2.75, 3.05) is 32.7 Å². The van der Waals surface area contributed by atoms with Gasteiger partial charge in [0, 0.05) is 19.8 Å². The number of hydrogen-bond acceptors (Lipinski definition) is 7. The first-order valence-electron chi connectivity index (χ1n) is 8.17. The summed E-state index contributed by atoms with van der Waals surface area (Å²) in [4.78, 5) is 30.1. The highest BCUT2D eigenvalue weighted by atomic mass is 32.2. The smallest absolute Gasteiger partial charge is 0.346 e. The van der Waals surface area contributed by atoms with Crippen LogP contribution in [0.5, 0.6) is 0 Å². The third-order valence-electron chi connectivity index (χ3n) is 3.66. The van der Waals surface area contributed by atoms with Gasteiger partial charge in [0.25, 0.3) is 0 Å². The molecule has 1 unspecified atom stereocenters. The molecule has 0 saturated carbocycles. The van der Waals surface area contributed by atoms with E-state index >= 15 is 0 Å². The second kappa shape index (κ2) is 9.47. The Hall–Kier alpha value is -1.22. The van der Waals surface area contributed by atoms with Crippen LogP contribution in [-0.4, -0.2) is 64.4 Å². The van der Waals surface area contributed by atoms with Gasteiger partial charge < -0.3 is 9.64 Å². The van der Waals surface area contributed by atoms with E-state index in [0.717, 1.165) is 0 Å². The average Bonchev–Trinajstić information content (AvgIpc) is 2.99. The van der Waals surface area contributed by atoms with E-state index in [1.165, 1.54) is 21.3 Å². The summed E-state index contributed by atoms with van der Waals surface area (Å²) < 4.78 is 6.07. The van der Waals surface area contributed by atoms with E-state index in [0.29, 0.717) is 29.8 Å². The number of hydrogen-bond donors (Lipinski definition) is 0. The molecule has 1 atom stereocenters. The number of esters is 1. The highest BCUT2D eigenvalue weighted by Gasteiger charge is 2.28. The average molecular weight is 389 g/mol. The van der Waals surface area contributed by atoms with E-state index in [-0.39, 0.29) is 22.7 Å². The van der Waals surface area contributed by atoms with Crippen molar-refractivity contribution in [3.63, 3.8) is 0 Å². The molecule has 0 bridgehead atoms. The second-order valence-corrected chi connectivity index (χ2v) is 8.80. The number of amides is 1. The molecule has 0 spiro atoms. The molecule has 0 aliphatic carbocycles. The Morgan fingerprint density at radius 1 is 1.36 bits per heavy atom. The van der Waals surface area contributed by atoms with Crippen LogP contribution in [0.25, 0.3) is 0 Å². The lowest BCUT2D eigenvalue weighted by atomic mass is 10.1. The molecule has 1 heterocycles. The van der Waals surface area contributed by atoms with E-state index in [2.05, 4.69) is 10.1 Å². The monoisotopic (exact) mass is 388 g/mol. The quantitative estimate of drug-likeness (QED) is 0.500. The lowest BCUT2D eigenvalue weighted by Gasteiger charge is -2.17. The molecule has 1 amide bonds. The molecule has 9 heteroatoms. The lowest BCUT2D eigenvalue weighted by molar-refractivity contribution is -0.147. The summed E-state index contributed by atoms with van der Waals surface area (Å²) in [6, 6.07) is -0.239. The van der Waals surface area contributed by atoms with Crippen molar-refractivity contribution >= 4 is 35.5 Å². The first-order chi connectivity index (χ1) is 11.6. The molecule has 0 aliphatic rings. The molecule has 0 aliphatic heterocycles. The second-order valence-electron chi connectivity index (χ2n) is 6.31. The van der Waals surface area contributed by atoms with Gasteiger partial charge in [0.15, 0.2) is 11.0 Å². The fourth-order valence-corrected chi connectivity index (χ4v) is 3.10. The Morgan fingerprint density at radius 3 is 2.52 bits per heavy atom. The minimum Gasteiger partial charge on any atom is -0.466 e. The maximum atomic E-state index is 12.4. The van der Waals surface area contributed by atoms with Gasteiger partial charge in [-0.1, -0.05) is 18.7 Å². The van der Waals surface area contributed by atoms with Crippen LogP contribution in [0.1, 0.15) is 39.9 Å². The van der Waals surface area contributed by atoms with E-state index in [1.807, 2.05) is 27.0 Å². The molecule has 142 valence electrons. The third kappa shape index (κ3) is 5.91. The Bertz CT molecular complexity index is 602. The number of carbonyl (C=O) groups excluding carboxylic acids is 2. The Labute approximate surface area is 158 Å². The molecule has 0 fully saturated rings. The molecule has 0 radical (unpaired) electrons. The van der Waals surface area contributed by atoms with Gasteiger partial charge in [0.2, 0.25) is 0 Å². The van der Waals surface area contributed by atoms with Crippen molar-refractivity contribution in [2.45, 2.75) is 44.0 Å². The van der Waals surface area contributed by atoms with Crippen LogP contribution < -0.4 is 0 Å². The highest BCUT2D eigenvalue weighted by Crippen LogP contribution is 2.33. The normalized spacial score (nSPS) is 12.8. The Kier molecular flexibility index (Phi) is 8.27. The molecular formula is C16H28N4O3S2. The molecule has 1 aromatic heterocycles. The standard InChI is InChI=1S/C16H28N4O3S2/c1-8-23-12(21)11(2)9-10-25-14-17-13(16(3,4)24-7)18-20(14)15(22)19(5)6/h11H,8-10H2,1-7H3. The third-order valence-corrected chi connectivity index (χ3v) is 5.83. The van der Waals surface area contributed by atoms with Crippen molar-refractivity contribution in [1.29, 1.82) is 0 Å². The lowest BCUT2D eigenvalue weighted by Crippen LogP contribution is -2.29. The van der Waals surface area contributed by atoms with Gasteiger partial charge in [-0.15, -0.1) is 5.10 Å². The van der Waals surface area contributed by atoms with Gasteiger partial charge in [-0.05, 0) is 33.4 Å². The summed E-state index contributed by atoms with van der Waals surface area (Å²) in [5.74, 6) is 0.892. The van der Waals surface area contributed by atoms with E-state index in [1.54, 1.807) is 32.8 Å². The minimum absolute atomic E-state index is 0.185. The fraction of sp³-hybridized carbons (Fsp3) is 0.750. The topological polar surface area (TPSA) is 77.3 Å². The fourth-order valence-electron chi connectivity index (χ4n) is 1.78. The predicted octanol–water partition coefficient (Wildman–Crippen LogP) is 3.09. The number of aromatic nitrogens is 3. The SMILES string of the molecule is CCOC(=O)C(C)CCSc1nc(C(C)(C)SC)nn1C(=O)N(C)C. The molecule has 1 aromatic rings. The summed E-state index contributed by atoms with van der Waals surface area (Å²) in [6.07, 6.45) is 2.63. The molecule has 25 heavy (non-hydrogen) atoms. The number of rotatable bonds is 8. The van der Waals surface area contributed by atoms with E-state index < -0.39 is 0 Å². The van der Waals surface area contributed by atoms with Gasteiger partial charge in [0.05, 0.1) is 17.3 Å². The highest BCUT2D eigenvalue weighted by molar-refractivity contribution is 7.99. The number of ether oxygens (including phenoxy) is 1. The summed E-state index contributed by atoms with van der Waals surface area (Å²) in [6.45, 7) is 8.07. The van der Waals surface area contributed by atoms with Gasteiger partial charge in [-0.2, -0.15) is 16.4 Å². The van der Waals surface area contributed by atoms with Crippen LogP contribution in [0.2, 0.25) is 0 Å². The number of thioether (sulfide) groups is 2.